The lowest BCUT2D eigenvalue weighted by atomic mass is 9.95. The summed E-state index contributed by atoms with van der Waals surface area (Å²) < 4.78 is 2.13. The van der Waals surface area contributed by atoms with Crippen LogP contribution in [0.3, 0.4) is 0 Å². The molecule has 0 saturated heterocycles. The first-order valence-electron chi connectivity index (χ1n) is 6.32. The minimum absolute atomic E-state index is 0.509. The third-order valence-electron chi connectivity index (χ3n) is 3.29. The Labute approximate surface area is 108 Å². The number of aryl methyl sites for hydroxylation is 2. The molecule has 0 spiro atoms. The van der Waals surface area contributed by atoms with E-state index in [2.05, 4.69) is 44.5 Å². The van der Waals surface area contributed by atoms with Crippen LogP contribution in [0, 0.1) is 0 Å². The third-order valence-corrected chi connectivity index (χ3v) is 3.58. The van der Waals surface area contributed by atoms with E-state index in [0.717, 1.165) is 11.4 Å². The van der Waals surface area contributed by atoms with Gasteiger partial charge in [0.1, 0.15) is 0 Å². The molecule has 0 N–H and O–H groups in total. The van der Waals surface area contributed by atoms with Crippen molar-refractivity contribution in [1.29, 1.82) is 0 Å². The van der Waals surface area contributed by atoms with Crippen LogP contribution in [0.2, 0.25) is 5.02 Å². The van der Waals surface area contributed by atoms with Crippen molar-refractivity contribution in [2.75, 3.05) is 0 Å². The highest BCUT2D eigenvalue weighted by Crippen LogP contribution is 2.34. The average molecular weight is 250 g/mol. The van der Waals surface area contributed by atoms with Gasteiger partial charge < -0.3 is 4.57 Å². The Bertz CT molecular complexity index is 537. The average Bonchev–Trinajstić information content (AvgIpc) is 2.54. The van der Waals surface area contributed by atoms with Gasteiger partial charge in [0.2, 0.25) is 0 Å². The SMILES string of the molecule is CCCc1cc(C(C)C)c2c(Cl)cn(C)c2c1. The summed E-state index contributed by atoms with van der Waals surface area (Å²) >= 11 is 6.34. The molecule has 1 nitrogen and oxygen atoms in total. The molecule has 0 fully saturated rings. The van der Waals surface area contributed by atoms with Crippen LogP contribution in [0.4, 0.5) is 0 Å². The molecule has 0 amide bonds. The van der Waals surface area contributed by atoms with Crippen molar-refractivity contribution in [2.45, 2.75) is 39.5 Å². The Balaban J connectivity index is 2.74. The van der Waals surface area contributed by atoms with Gasteiger partial charge in [0.25, 0.3) is 0 Å². The molecule has 2 aromatic rings. The van der Waals surface area contributed by atoms with E-state index in [1.807, 2.05) is 6.20 Å². The molecule has 1 aromatic carbocycles. The molecule has 0 aliphatic rings. The summed E-state index contributed by atoms with van der Waals surface area (Å²) in [5, 5.41) is 2.10. The second-order valence-corrected chi connectivity index (χ2v) is 5.48. The van der Waals surface area contributed by atoms with Gasteiger partial charge in [-0.1, -0.05) is 44.9 Å². The van der Waals surface area contributed by atoms with Crippen LogP contribution in [-0.4, -0.2) is 4.57 Å². The molecule has 92 valence electrons. The van der Waals surface area contributed by atoms with Crippen LogP contribution >= 0.6 is 11.6 Å². The van der Waals surface area contributed by atoms with Crippen molar-refractivity contribution < 1.29 is 0 Å². The smallest absolute Gasteiger partial charge is 0.0664 e. The van der Waals surface area contributed by atoms with Gasteiger partial charge in [0, 0.05) is 24.1 Å². The maximum Gasteiger partial charge on any atom is 0.0664 e. The lowest BCUT2D eigenvalue weighted by Crippen LogP contribution is -1.94. The first-order valence-corrected chi connectivity index (χ1v) is 6.69. The maximum atomic E-state index is 6.34. The van der Waals surface area contributed by atoms with Crippen LogP contribution in [0.5, 0.6) is 0 Å². The molecule has 1 heterocycles. The number of rotatable bonds is 3. The third kappa shape index (κ3) is 2.21. The normalized spacial score (nSPS) is 11.6. The number of benzene rings is 1. The van der Waals surface area contributed by atoms with E-state index in [4.69, 9.17) is 11.6 Å². The van der Waals surface area contributed by atoms with E-state index in [9.17, 15) is 0 Å². The summed E-state index contributed by atoms with van der Waals surface area (Å²) in [5.41, 5.74) is 4.04. The van der Waals surface area contributed by atoms with Crippen LogP contribution < -0.4 is 0 Å². The molecule has 0 atom stereocenters. The molecule has 0 aliphatic carbocycles. The minimum Gasteiger partial charge on any atom is -0.349 e. The lowest BCUT2D eigenvalue weighted by molar-refractivity contribution is 0.862. The number of nitrogens with zero attached hydrogens (tertiary/aromatic N) is 1. The number of hydrogen-bond acceptors (Lipinski definition) is 0. The van der Waals surface area contributed by atoms with Gasteiger partial charge in [0.05, 0.1) is 5.02 Å². The van der Waals surface area contributed by atoms with E-state index < -0.39 is 0 Å². The van der Waals surface area contributed by atoms with Gasteiger partial charge in [0.15, 0.2) is 0 Å². The van der Waals surface area contributed by atoms with Crippen molar-refractivity contribution >= 4 is 22.5 Å². The number of fused-ring (bicyclic) bond motifs is 1. The predicted octanol–water partition coefficient (Wildman–Crippen LogP) is 4.91. The molecule has 2 heteroatoms. The molecule has 17 heavy (non-hydrogen) atoms. The van der Waals surface area contributed by atoms with E-state index in [1.54, 1.807) is 0 Å². The van der Waals surface area contributed by atoms with Gasteiger partial charge in [-0.05, 0) is 29.5 Å². The molecule has 0 unspecified atom stereocenters. The molecule has 0 radical (unpaired) electrons. The Hall–Kier alpha value is -0.950. The maximum absolute atomic E-state index is 6.34. The van der Waals surface area contributed by atoms with E-state index in [1.165, 1.54) is 28.5 Å². The molecule has 0 saturated carbocycles. The van der Waals surface area contributed by atoms with Crippen molar-refractivity contribution in [3.63, 3.8) is 0 Å². The molecule has 1 aromatic heterocycles. The van der Waals surface area contributed by atoms with E-state index in [0.29, 0.717) is 5.92 Å². The fourth-order valence-electron chi connectivity index (χ4n) is 2.44. The van der Waals surface area contributed by atoms with Crippen LogP contribution in [0.25, 0.3) is 10.9 Å². The molecular weight excluding hydrogens is 230 g/mol. The fourth-order valence-corrected chi connectivity index (χ4v) is 2.79. The first-order chi connectivity index (χ1) is 8.04. The zero-order chi connectivity index (χ0) is 12.6. The number of aromatic nitrogens is 1. The number of hydrogen-bond donors (Lipinski definition) is 0. The highest BCUT2D eigenvalue weighted by molar-refractivity contribution is 6.36. The monoisotopic (exact) mass is 249 g/mol. The standard InChI is InChI=1S/C15H20ClN/c1-5-6-11-7-12(10(2)3)15-13(16)9-17(4)14(15)8-11/h7-10H,5-6H2,1-4H3. The Morgan fingerprint density at radius 3 is 2.59 bits per heavy atom. The van der Waals surface area contributed by atoms with Crippen molar-refractivity contribution in [3.05, 3.63) is 34.5 Å². The zero-order valence-electron chi connectivity index (χ0n) is 11.0. The fraction of sp³-hybridized carbons (Fsp3) is 0.467. The summed E-state index contributed by atoms with van der Waals surface area (Å²) in [5.74, 6) is 0.509. The summed E-state index contributed by atoms with van der Waals surface area (Å²) in [4.78, 5) is 0. The number of halogens is 1. The van der Waals surface area contributed by atoms with Crippen molar-refractivity contribution in [3.8, 4) is 0 Å². The zero-order valence-corrected chi connectivity index (χ0v) is 11.8. The van der Waals surface area contributed by atoms with Crippen molar-refractivity contribution in [1.82, 2.24) is 4.57 Å². The lowest BCUT2D eigenvalue weighted by Gasteiger charge is -2.11. The summed E-state index contributed by atoms with van der Waals surface area (Å²) in [6.45, 7) is 6.68. The summed E-state index contributed by atoms with van der Waals surface area (Å²) in [7, 11) is 2.06. The van der Waals surface area contributed by atoms with Crippen LogP contribution in [0.15, 0.2) is 18.3 Å². The van der Waals surface area contributed by atoms with Gasteiger partial charge in [-0.15, -0.1) is 0 Å². The summed E-state index contributed by atoms with van der Waals surface area (Å²) in [6, 6.07) is 4.60. The Morgan fingerprint density at radius 2 is 2.00 bits per heavy atom. The predicted molar refractivity (Wildman–Crippen MR) is 76.0 cm³/mol. The molecule has 2 rings (SSSR count). The van der Waals surface area contributed by atoms with Crippen LogP contribution in [-0.2, 0) is 13.5 Å². The largest absolute Gasteiger partial charge is 0.349 e. The second-order valence-electron chi connectivity index (χ2n) is 5.07. The van der Waals surface area contributed by atoms with Gasteiger partial charge in [-0.25, -0.2) is 0 Å². The summed E-state index contributed by atoms with van der Waals surface area (Å²) in [6.07, 6.45) is 4.33. The van der Waals surface area contributed by atoms with Gasteiger partial charge in [-0.3, -0.25) is 0 Å². The van der Waals surface area contributed by atoms with E-state index in [-0.39, 0.29) is 0 Å². The Morgan fingerprint density at radius 1 is 1.29 bits per heavy atom. The van der Waals surface area contributed by atoms with Crippen LogP contribution in [0.1, 0.15) is 44.2 Å². The molecular formula is C15H20ClN. The highest BCUT2D eigenvalue weighted by Gasteiger charge is 2.13. The first kappa shape index (κ1) is 12.5. The van der Waals surface area contributed by atoms with Gasteiger partial charge >= 0.3 is 0 Å². The Kier molecular flexibility index (Phi) is 3.48. The molecule has 0 bridgehead atoms. The topological polar surface area (TPSA) is 4.93 Å². The minimum atomic E-state index is 0.509. The van der Waals surface area contributed by atoms with Gasteiger partial charge in [-0.2, -0.15) is 0 Å². The quantitative estimate of drug-likeness (QED) is 0.729. The molecule has 0 aliphatic heterocycles. The second kappa shape index (κ2) is 4.73. The van der Waals surface area contributed by atoms with E-state index >= 15 is 0 Å². The highest BCUT2D eigenvalue weighted by atomic mass is 35.5. The van der Waals surface area contributed by atoms with Crippen molar-refractivity contribution in [2.24, 2.45) is 7.05 Å².